The first-order valence-corrected chi connectivity index (χ1v) is 17.3. The maximum absolute atomic E-state index is 14.7. The summed E-state index contributed by atoms with van der Waals surface area (Å²) in [5, 5.41) is 11.9. The topological polar surface area (TPSA) is 149 Å². The molecule has 15 heteroatoms. The molecule has 2 N–H and O–H groups in total. The Morgan fingerprint density at radius 3 is 2.20 bits per heavy atom. The van der Waals surface area contributed by atoms with E-state index in [1.807, 2.05) is 0 Å². The van der Waals surface area contributed by atoms with Crippen LogP contribution in [0.2, 0.25) is 4.34 Å². The molecule has 1 amide bonds. The van der Waals surface area contributed by atoms with Crippen molar-refractivity contribution in [3.05, 3.63) is 123 Å². The van der Waals surface area contributed by atoms with Crippen molar-refractivity contribution in [2.75, 3.05) is 30.4 Å². The molecule has 5 aromatic rings. The van der Waals surface area contributed by atoms with Gasteiger partial charge < -0.3 is 24.6 Å². The number of benzene rings is 4. The molecule has 4 aromatic carbocycles. The molecule has 0 bridgehead atoms. The summed E-state index contributed by atoms with van der Waals surface area (Å²) in [5.74, 6) is -2.30. The number of carbonyl (C=O) groups excluding carboxylic acids is 3. The number of amides is 1. The number of ether oxygens (including phenoxy) is 3. The van der Waals surface area contributed by atoms with E-state index in [4.69, 9.17) is 25.8 Å². The van der Waals surface area contributed by atoms with Gasteiger partial charge in [-0.15, -0.1) is 11.3 Å². The van der Waals surface area contributed by atoms with Crippen LogP contribution in [0.4, 0.5) is 15.8 Å². The second kappa shape index (κ2) is 15.0. The molecule has 0 saturated carbocycles. The van der Waals surface area contributed by atoms with E-state index in [-0.39, 0.29) is 43.4 Å². The van der Waals surface area contributed by atoms with E-state index in [1.165, 1.54) is 74.8 Å². The fourth-order valence-electron chi connectivity index (χ4n) is 4.70. The number of esters is 1. The molecule has 0 spiro atoms. The molecule has 0 aliphatic carbocycles. The highest BCUT2D eigenvalue weighted by atomic mass is 35.5. The summed E-state index contributed by atoms with van der Waals surface area (Å²) in [7, 11) is -1.65. The van der Waals surface area contributed by atoms with Crippen LogP contribution in [0.5, 0.6) is 23.0 Å². The third kappa shape index (κ3) is 7.88. The van der Waals surface area contributed by atoms with Gasteiger partial charge in [-0.1, -0.05) is 11.6 Å². The number of nitrogens with one attached hydrogen (secondary N) is 1. The lowest BCUT2D eigenvalue weighted by Gasteiger charge is -2.21. The summed E-state index contributed by atoms with van der Waals surface area (Å²) in [6.45, 7) is 2.16. The Bertz CT molecular complexity index is 2190. The highest BCUT2D eigenvalue weighted by Gasteiger charge is 2.31. The van der Waals surface area contributed by atoms with Crippen LogP contribution < -0.4 is 23.8 Å². The highest BCUT2D eigenvalue weighted by molar-refractivity contribution is 7.93. The normalized spacial score (nSPS) is 11.1. The Morgan fingerprint density at radius 2 is 1.56 bits per heavy atom. The van der Waals surface area contributed by atoms with Crippen molar-refractivity contribution in [1.29, 1.82) is 0 Å². The molecule has 0 saturated heterocycles. The minimum absolute atomic E-state index is 0.00527. The molecule has 0 aliphatic heterocycles. The summed E-state index contributed by atoms with van der Waals surface area (Å²) in [4.78, 5) is 38.4. The van der Waals surface area contributed by atoms with E-state index in [9.17, 15) is 32.3 Å². The molecule has 0 aliphatic rings. The number of sulfonamides is 1. The molecule has 1 aromatic heterocycles. The Morgan fingerprint density at radius 1 is 0.900 bits per heavy atom. The van der Waals surface area contributed by atoms with Gasteiger partial charge in [0.15, 0.2) is 17.3 Å². The quantitative estimate of drug-likeness (QED) is 0.0771. The van der Waals surface area contributed by atoms with Gasteiger partial charge in [0, 0.05) is 29.9 Å². The average molecular weight is 739 g/mol. The van der Waals surface area contributed by atoms with E-state index in [2.05, 4.69) is 5.32 Å². The van der Waals surface area contributed by atoms with Gasteiger partial charge in [-0.3, -0.25) is 13.9 Å². The average Bonchev–Trinajstić information content (AvgIpc) is 3.51. The molecule has 50 heavy (non-hydrogen) atoms. The number of anilines is 2. The smallest absolute Gasteiger partial charge is 0.343 e. The monoisotopic (exact) mass is 738 g/mol. The Kier molecular flexibility index (Phi) is 10.7. The summed E-state index contributed by atoms with van der Waals surface area (Å²) in [6, 6.07) is 20.0. The van der Waals surface area contributed by atoms with Gasteiger partial charge in [0.2, 0.25) is 0 Å². The zero-order chi connectivity index (χ0) is 36.2. The number of phenols is 1. The predicted octanol–water partition coefficient (Wildman–Crippen LogP) is 7.18. The summed E-state index contributed by atoms with van der Waals surface area (Å²) >= 11 is 6.87. The van der Waals surface area contributed by atoms with E-state index in [0.29, 0.717) is 40.6 Å². The zero-order valence-electron chi connectivity index (χ0n) is 26.6. The van der Waals surface area contributed by atoms with Crippen molar-refractivity contribution in [2.45, 2.75) is 11.8 Å². The summed E-state index contributed by atoms with van der Waals surface area (Å²) in [5.41, 5.74) is 0.439. The third-order valence-corrected chi connectivity index (χ3v) is 10.4. The molecule has 0 unspecified atom stereocenters. The van der Waals surface area contributed by atoms with Crippen LogP contribution in [0, 0.1) is 5.82 Å². The summed E-state index contributed by atoms with van der Waals surface area (Å²) < 4.78 is 59.2. The number of ketones is 1. The molecule has 1 heterocycles. The van der Waals surface area contributed by atoms with Gasteiger partial charge in [0.25, 0.3) is 15.9 Å². The van der Waals surface area contributed by atoms with Crippen LogP contribution in [0.25, 0.3) is 0 Å². The molecule has 0 fully saturated rings. The van der Waals surface area contributed by atoms with Gasteiger partial charge >= 0.3 is 5.97 Å². The lowest BCUT2D eigenvalue weighted by molar-refractivity contribution is 0.0733. The first-order valence-electron chi connectivity index (χ1n) is 14.7. The van der Waals surface area contributed by atoms with Crippen molar-refractivity contribution in [3.8, 4) is 23.0 Å². The predicted molar refractivity (Wildman–Crippen MR) is 186 cm³/mol. The Hall–Kier alpha value is -5.44. The van der Waals surface area contributed by atoms with E-state index in [0.717, 1.165) is 28.6 Å². The largest absolute Gasteiger partial charge is 0.508 e. The van der Waals surface area contributed by atoms with E-state index in [1.54, 1.807) is 13.0 Å². The fourth-order valence-corrected chi connectivity index (χ4v) is 7.57. The van der Waals surface area contributed by atoms with E-state index < -0.39 is 32.6 Å². The molecule has 5 rings (SSSR count). The maximum atomic E-state index is 14.7. The fraction of sp³-hybridized carbons (Fsp3) is 0.114. The molecule has 0 radical (unpaired) electrons. The minimum Gasteiger partial charge on any atom is -0.508 e. The molecule has 258 valence electrons. The van der Waals surface area contributed by atoms with Crippen LogP contribution in [0.1, 0.15) is 42.9 Å². The SMILES string of the molecule is CCOc1ccc(N(C)S(=O)(=O)c2cc(Cl)sc2C(=O)Nc2cc(F)cc(C(=O)Oc3ccc(C(=O)c4ccc(O)cc4)cc3)c2)cc1OC. The van der Waals surface area contributed by atoms with Crippen LogP contribution in [-0.4, -0.2) is 51.9 Å². The van der Waals surface area contributed by atoms with Gasteiger partial charge in [-0.25, -0.2) is 17.6 Å². The number of aromatic hydroxyl groups is 1. The minimum atomic E-state index is -4.36. The Balaban J connectivity index is 1.32. The number of methoxy groups -OCH3 is 1. The Labute approximate surface area is 295 Å². The second-order valence-corrected chi connectivity index (χ2v) is 14.1. The lowest BCUT2D eigenvalue weighted by Crippen LogP contribution is -2.28. The van der Waals surface area contributed by atoms with Crippen molar-refractivity contribution in [3.63, 3.8) is 0 Å². The number of halogens is 2. The molecular formula is C35H28ClFN2O9S2. The third-order valence-electron chi connectivity index (χ3n) is 7.17. The lowest BCUT2D eigenvalue weighted by atomic mass is 10.0. The molecule has 0 atom stereocenters. The number of rotatable bonds is 12. The molecular weight excluding hydrogens is 711 g/mol. The van der Waals surface area contributed by atoms with Crippen LogP contribution >= 0.6 is 22.9 Å². The molecule has 11 nitrogen and oxygen atoms in total. The van der Waals surface area contributed by atoms with Crippen molar-refractivity contribution in [2.24, 2.45) is 0 Å². The van der Waals surface area contributed by atoms with E-state index >= 15 is 0 Å². The number of phenolic OH excluding ortho intramolecular Hbond substituents is 1. The van der Waals surface area contributed by atoms with Crippen molar-refractivity contribution < 1.29 is 46.5 Å². The number of carbonyl (C=O) groups is 3. The zero-order valence-corrected chi connectivity index (χ0v) is 29.0. The number of hydrogen-bond acceptors (Lipinski definition) is 10. The van der Waals surface area contributed by atoms with Gasteiger partial charge in [-0.2, -0.15) is 0 Å². The second-order valence-electron chi connectivity index (χ2n) is 10.5. The maximum Gasteiger partial charge on any atom is 0.343 e. The van der Waals surface area contributed by atoms with Gasteiger partial charge in [0.05, 0.1) is 29.3 Å². The number of nitrogens with zero attached hydrogens (tertiary/aromatic N) is 1. The summed E-state index contributed by atoms with van der Waals surface area (Å²) in [6.07, 6.45) is 0. The number of hydrogen-bond donors (Lipinski definition) is 2. The van der Waals surface area contributed by atoms with Crippen molar-refractivity contribution in [1.82, 2.24) is 0 Å². The van der Waals surface area contributed by atoms with Gasteiger partial charge in [-0.05, 0) is 91.9 Å². The highest BCUT2D eigenvalue weighted by Crippen LogP contribution is 2.37. The van der Waals surface area contributed by atoms with Crippen LogP contribution in [0.15, 0.2) is 95.9 Å². The van der Waals surface area contributed by atoms with Crippen LogP contribution in [-0.2, 0) is 10.0 Å². The first kappa shape index (κ1) is 35.9. The first-order chi connectivity index (χ1) is 23.8. The van der Waals surface area contributed by atoms with Crippen molar-refractivity contribution >= 4 is 62.0 Å². The standard InChI is InChI=1S/C35H28ClFN2O9S2/c1-4-47-28-14-9-25(18-29(28)46-3)39(2)50(44,45)30-19-31(36)49-33(30)34(42)38-24-16-22(15-23(37)17-24)35(43)48-27-12-7-21(8-13-27)32(41)20-5-10-26(40)11-6-20/h5-19,40H,4H2,1-3H3,(H,38,42). The number of thiophene rings is 1. The van der Waals surface area contributed by atoms with Gasteiger partial charge in [0.1, 0.15) is 27.1 Å². The van der Waals surface area contributed by atoms with Crippen LogP contribution in [0.3, 0.4) is 0 Å².